The second-order valence-electron chi connectivity index (χ2n) is 4.79. The van der Waals surface area contributed by atoms with E-state index in [-0.39, 0.29) is 17.9 Å². The van der Waals surface area contributed by atoms with Crippen LogP contribution in [-0.4, -0.2) is 23.7 Å². The van der Waals surface area contributed by atoms with E-state index >= 15 is 0 Å². The van der Waals surface area contributed by atoms with Gasteiger partial charge >= 0.3 is 0 Å². The zero-order chi connectivity index (χ0) is 13.0. The third-order valence-electron chi connectivity index (χ3n) is 3.40. The van der Waals surface area contributed by atoms with Crippen molar-refractivity contribution in [3.05, 3.63) is 20.8 Å². The molecule has 0 radical (unpaired) electrons. The van der Waals surface area contributed by atoms with Gasteiger partial charge in [0.25, 0.3) is 0 Å². The number of aliphatic hydroxyl groups is 1. The number of halogens is 1. The molecule has 2 atom stereocenters. The molecule has 2 N–H and O–H groups in total. The Balaban J connectivity index is 1.66. The second-order valence-corrected chi connectivity index (χ2v) is 6.71. The first-order valence-corrected chi connectivity index (χ1v) is 8.00. The lowest BCUT2D eigenvalue weighted by Gasteiger charge is -2.14. The van der Waals surface area contributed by atoms with Crippen LogP contribution in [0.3, 0.4) is 0 Å². The van der Waals surface area contributed by atoms with Crippen LogP contribution < -0.4 is 5.32 Å². The predicted octanol–water partition coefficient (Wildman–Crippen LogP) is 2.72. The first-order chi connectivity index (χ1) is 8.65. The molecule has 0 aromatic carbocycles. The van der Waals surface area contributed by atoms with Gasteiger partial charge in [0.15, 0.2) is 0 Å². The van der Waals surface area contributed by atoms with Crippen LogP contribution in [0, 0.1) is 5.92 Å². The topological polar surface area (TPSA) is 49.3 Å². The Hall–Kier alpha value is -0.390. The normalized spacial score (nSPS) is 23.2. The van der Waals surface area contributed by atoms with Crippen LogP contribution in [0.4, 0.5) is 0 Å². The van der Waals surface area contributed by atoms with Crippen molar-refractivity contribution in [1.82, 2.24) is 5.32 Å². The summed E-state index contributed by atoms with van der Waals surface area (Å²) < 4.78 is 1.08. The van der Waals surface area contributed by atoms with E-state index in [1.807, 2.05) is 5.38 Å². The molecule has 0 aliphatic heterocycles. The molecule has 1 fully saturated rings. The largest absolute Gasteiger partial charge is 0.393 e. The van der Waals surface area contributed by atoms with E-state index in [0.29, 0.717) is 13.0 Å². The van der Waals surface area contributed by atoms with Gasteiger partial charge in [-0.3, -0.25) is 4.79 Å². The molecule has 1 aliphatic rings. The zero-order valence-electron chi connectivity index (χ0n) is 10.2. The number of thiophene rings is 1. The number of carbonyl (C=O) groups excluding carboxylic acids is 1. The van der Waals surface area contributed by atoms with Gasteiger partial charge in [-0.05, 0) is 41.3 Å². The molecule has 100 valence electrons. The smallest absolute Gasteiger partial charge is 0.220 e. The van der Waals surface area contributed by atoms with Crippen molar-refractivity contribution in [3.63, 3.8) is 0 Å². The molecule has 0 saturated heterocycles. The summed E-state index contributed by atoms with van der Waals surface area (Å²) in [4.78, 5) is 12.9. The molecule has 1 aromatic rings. The number of nitrogens with one attached hydrogen (secondary N) is 1. The van der Waals surface area contributed by atoms with Gasteiger partial charge in [-0.2, -0.15) is 0 Å². The summed E-state index contributed by atoms with van der Waals surface area (Å²) in [5.74, 6) is 0.337. The first kappa shape index (κ1) is 14.0. The van der Waals surface area contributed by atoms with Crippen molar-refractivity contribution in [1.29, 1.82) is 0 Å². The number of aliphatic hydroxyl groups excluding tert-OH is 1. The van der Waals surface area contributed by atoms with Crippen molar-refractivity contribution in [2.45, 2.75) is 38.2 Å². The lowest BCUT2D eigenvalue weighted by Crippen LogP contribution is -2.32. The summed E-state index contributed by atoms with van der Waals surface area (Å²) in [6, 6.07) is 2.05. The minimum Gasteiger partial charge on any atom is -0.393 e. The molecular weight excluding hydrogens is 314 g/mol. The summed E-state index contributed by atoms with van der Waals surface area (Å²) in [6.07, 6.45) is 4.07. The van der Waals surface area contributed by atoms with Crippen LogP contribution in [-0.2, 0) is 11.2 Å². The summed E-state index contributed by atoms with van der Waals surface area (Å²) in [6.45, 7) is 0.619. The molecule has 2 unspecified atom stereocenters. The van der Waals surface area contributed by atoms with Crippen LogP contribution in [0.15, 0.2) is 15.9 Å². The minimum atomic E-state index is -0.224. The molecule has 3 nitrogen and oxygen atoms in total. The van der Waals surface area contributed by atoms with Crippen molar-refractivity contribution in [2.24, 2.45) is 5.92 Å². The fourth-order valence-corrected chi connectivity index (χ4v) is 3.77. The molecule has 5 heteroatoms. The summed E-state index contributed by atoms with van der Waals surface area (Å²) in [7, 11) is 0. The van der Waals surface area contributed by atoms with Crippen molar-refractivity contribution >= 4 is 33.2 Å². The molecule has 1 amide bonds. The summed E-state index contributed by atoms with van der Waals surface area (Å²) in [5.41, 5.74) is 0. The lowest BCUT2D eigenvalue weighted by atomic mass is 10.1. The van der Waals surface area contributed by atoms with E-state index < -0.39 is 0 Å². The minimum absolute atomic E-state index is 0.0821. The molecule has 1 saturated carbocycles. The van der Waals surface area contributed by atoms with Gasteiger partial charge < -0.3 is 10.4 Å². The molecule has 18 heavy (non-hydrogen) atoms. The van der Waals surface area contributed by atoms with Gasteiger partial charge in [0.05, 0.1) is 6.10 Å². The van der Waals surface area contributed by atoms with Crippen LogP contribution in [0.1, 0.15) is 30.6 Å². The molecule has 1 heterocycles. The van der Waals surface area contributed by atoms with Crippen LogP contribution >= 0.6 is 27.3 Å². The van der Waals surface area contributed by atoms with E-state index in [2.05, 4.69) is 27.3 Å². The maximum Gasteiger partial charge on any atom is 0.220 e. The molecule has 2 rings (SSSR count). The number of rotatable bonds is 5. The van der Waals surface area contributed by atoms with Gasteiger partial charge in [0.1, 0.15) is 0 Å². The van der Waals surface area contributed by atoms with Crippen molar-refractivity contribution in [2.75, 3.05) is 6.54 Å². The number of hydrogen-bond acceptors (Lipinski definition) is 3. The standard InChI is InChI=1S/C13H18BrNO2S/c14-10-6-11(18-8-10)4-5-13(17)15-7-9-2-1-3-12(9)16/h6,8-9,12,16H,1-5,7H2,(H,15,17). The van der Waals surface area contributed by atoms with Gasteiger partial charge in [-0.25, -0.2) is 0 Å². The zero-order valence-corrected chi connectivity index (χ0v) is 12.6. The Morgan fingerprint density at radius 2 is 2.39 bits per heavy atom. The predicted molar refractivity (Wildman–Crippen MR) is 76.7 cm³/mol. The van der Waals surface area contributed by atoms with Crippen LogP contribution in [0.25, 0.3) is 0 Å². The third-order valence-corrected chi connectivity index (χ3v) is 5.16. The van der Waals surface area contributed by atoms with E-state index in [1.165, 1.54) is 4.88 Å². The van der Waals surface area contributed by atoms with Crippen molar-refractivity contribution in [3.8, 4) is 0 Å². The molecule has 0 bridgehead atoms. The average molecular weight is 332 g/mol. The van der Waals surface area contributed by atoms with Gasteiger partial charge in [0, 0.05) is 33.6 Å². The highest BCUT2D eigenvalue weighted by atomic mass is 79.9. The molecular formula is C13H18BrNO2S. The third kappa shape index (κ3) is 4.07. The maximum atomic E-state index is 11.7. The lowest BCUT2D eigenvalue weighted by molar-refractivity contribution is -0.121. The fourth-order valence-electron chi connectivity index (χ4n) is 2.31. The maximum absolute atomic E-state index is 11.7. The quantitative estimate of drug-likeness (QED) is 0.871. The summed E-state index contributed by atoms with van der Waals surface area (Å²) in [5, 5.41) is 14.6. The van der Waals surface area contributed by atoms with Gasteiger partial charge in [-0.1, -0.05) is 6.42 Å². The number of aryl methyl sites for hydroxylation is 1. The van der Waals surface area contributed by atoms with E-state index in [4.69, 9.17) is 0 Å². The van der Waals surface area contributed by atoms with Gasteiger partial charge in [0.2, 0.25) is 5.91 Å². The molecule has 0 spiro atoms. The highest BCUT2D eigenvalue weighted by molar-refractivity contribution is 9.10. The Bertz CT molecular complexity index is 407. The number of amides is 1. The highest BCUT2D eigenvalue weighted by Gasteiger charge is 2.25. The van der Waals surface area contributed by atoms with E-state index in [0.717, 1.165) is 30.2 Å². The average Bonchev–Trinajstić information content (AvgIpc) is 2.93. The van der Waals surface area contributed by atoms with Crippen LogP contribution in [0.5, 0.6) is 0 Å². The second kappa shape index (κ2) is 6.68. The monoisotopic (exact) mass is 331 g/mol. The molecule has 1 aromatic heterocycles. The SMILES string of the molecule is O=C(CCc1cc(Br)cs1)NCC1CCCC1O. The Morgan fingerprint density at radius 1 is 1.56 bits per heavy atom. The molecule has 1 aliphatic carbocycles. The number of hydrogen-bond donors (Lipinski definition) is 2. The fraction of sp³-hybridized carbons (Fsp3) is 0.615. The number of carbonyl (C=O) groups is 1. The first-order valence-electron chi connectivity index (χ1n) is 6.33. The Kier molecular flexibility index (Phi) is 5.21. The van der Waals surface area contributed by atoms with Crippen molar-refractivity contribution < 1.29 is 9.90 Å². The van der Waals surface area contributed by atoms with E-state index in [1.54, 1.807) is 11.3 Å². The van der Waals surface area contributed by atoms with E-state index in [9.17, 15) is 9.90 Å². The highest BCUT2D eigenvalue weighted by Crippen LogP contribution is 2.24. The van der Waals surface area contributed by atoms with Gasteiger partial charge in [-0.15, -0.1) is 11.3 Å². The summed E-state index contributed by atoms with van der Waals surface area (Å²) >= 11 is 5.07. The van der Waals surface area contributed by atoms with Crippen LogP contribution in [0.2, 0.25) is 0 Å². The Morgan fingerprint density at radius 3 is 3.00 bits per heavy atom. The Labute approximate surface area is 120 Å².